The van der Waals surface area contributed by atoms with Crippen LogP contribution in [0.4, 0.5) is 0 Å². The van der Waals surface area contributed by atoms with E-state index in [0.29, 0.717) is 18.8 Å². The van der Waals surface area contributed by atoms with Crippen molar-refractivity contribution in [2.75, 3.05) is 19.9 Å². The molecule has 146 valence electrons. The molecule has 1 atom stereocenters. The van der Waals surface area contributed by atoms with Crippen molar-refractivity contribution in [1.82, 2.24) is 10.2 Å². The Morgan fingerprint density at radius 3 is 2.64 bits per heavy atom. The number of hydrogen-bond acceptors (Lipinski definition) is 4. The van der Waals surface area contributed by atoms with Gasteiger partial charge < -0.3 is 19.7 Å². The van der Waals surface area contributed by atoms with Gasteiger partial charge in [0.1, 0.15) is 5.54 Å². The predicted molar refractivity (Wildman–Crippen MR) is 104 cm³/mol. The van der Waals surface area contributed by atoms with E-state index in [1.54, 1.807) is 18.7 Å². The molecule has 2 aliphatic rings. The van der Waals surface area contributed by atoms with Crippen LogP contribution in [0.3, 0.4) is 0 Å². The molecule has 2 aliphatic heterocycles. The van der Waals surface area contributed by atoms with Crippen molar-refractivity contribution in [3.63, 3.8) is 0 Å². The van der Waals surface area contributed by atoms with Gasteiger partial charge in [-0.25, -0.2) is 0 Å². The molecule has 0 aromatic heterocycles. The van der Waals surface area contributed by atoms with Crippen LogP contribution < -0.4 is 14.8 Å². The molecule has 2 aromatic carbocycles. The highest BCUT2D eigenvalue weighted by Gasteiger charge is 2.41. The molecule has 2 heterocycles. The fourth-order valence-corrected chi connectivity index (χ4v) is 3.86. The monoisotopic (exact) mass is 380 g/mol. The van der Waals surface area contributed by atoms with Crippen LogP contribution in [0, 0.1) is 0 Å². The van der Waals surface area contributed by atoms with E-state index in [-0.39, 0.29) is 30.9 Å². The van der Waals surface area contributed by atoms with Crippen molar-refractivity contribution in [2.24, 2.45) is 0 Å². The van der Waals surface area contributed by atoms with Gasteiger partial charge in [0, 0.05) is 25.4 Å². The Labute approximate surface area is 164 Å². The van der Waals surface area contributed by atoms with Crippen LogP contribution in [0.25, 0.3) is 0 Å². The number of nitrogens with one attached hydrogen (secondary N) is 1. The number of carbonyl (C=O) groups excluding carboxylic acids is 2. The van der Waals surface area contributed by atoms with Crippen molar-refractivity contribution in [3.8, 4) is 11.5 Å². The molecule has 0 unspecified atom stereocenters. The van der Waals surface area contributed by atoms with Gasteiger partial charge in [-0.05, 0) is 37.1 Å². The first-order valence-corrected chi connectivity index (χ1v) is 9.50. The van der Waals surface area contributed by atoms with Crippen LogP contribution in [0.1, 0.15) is 37.3 Å². The number of hydrogen-bond donors (Lipinski definition) is 1. The first kappa shape index (κ1) is 18.3. The van der Waals surface area contributed by atoms with Gasteiger partial charge in [0.05, 0.1) is 0 Å². The molecule has 2 aromatic rings. The lowest BCUT2D eigenvalue weighted by molar-refractivity contribution is -0.149. The molecular formula is C22H24N2O4. The van der Waals surface area contributed by atoms with E-state index in [4.69, 9.17) is 9.47 Å². The minimum atomic E-state index is -0.856. The summed E-state index contributed by atoms with van der Waals surface area (Å²) in [6, 6.07) is 15.8. The Balaban J connectivity index is 1.65. The zero-order valence-electron chi connectivity index (χ0n) is 16.1. The summed E-state index contributed by atoms with van der Waals surface area (Å²) >= 11 is 0. The smallest absolute Gasteiger partial charge is 0.245 e. The number of piperazine rings is 1. The van der Waals surface area contributed by atoms with Crippen LogP contribution in [0.5, 0.6) is 11.5 Å². The summed E-state index contributed by atoms with van der Waals surface area (Å²) in [5.74, 6) is 1.13. The first-order chi connectivity index (χ1) is 13.5. The second-order valence-electron chi connectivity index (χ2n) is 7.64. The van der Waals surface area contributed by atoms with E-state index in [2.05, 4.69) is 5.32 Å². The molecule has 4 rings (SSSR count). The second kappa shape index (κ2) is 7.19. The third-order valence-electron chi connectivity index (χ3n) is 5.53. The minimum Gasteiger partial charge on any atom is -0.454 e. The molecule has 1 N–H and O–H groups in total. The molecular weight excluding hydrogens is 356 g/mol. The lowest BCUT2D eigenvalue weighted by Crippen LogP contribution is -2.63. The molecule has 1 fully saturated rings. The van der Waals surface area contributed by atoms with E-state index in [9.17, 15) is 9.59 Å². The van der Waals surface area contributed by atoms with Crippen LogP contribution in [-0.4, -0.2) is 42.1 Å². The van der Waals surface area contributed by atoms with Crippen molar-refractivity contribution in [1.29, 1.82) is 0 Å². The summed E-state index contributed by atoms with van der Waals surface area (Å²) in [6.45, 7) is 4.79. The predicted octanol–water partition coefficient (Wildman–Crippen LogP) is 2.67. The van der Waals surface area contributed by atoms with E-state index < -0.39 is 5.54 Å². The summed E-state index contributed by atoms with van der Waals surface area (Å²) < 4.78 is 10.9. The standard InChI is InChI=1S/C22H24N2O4/c1-22(2)21(26)23-10-11-24(22)20(25)13-17(15-6-4-3-5-7-15)16-8-9-18-19(12-16)28-14-27-18/h3-9,12,17H,10-11,13-14H2,1-2H3,(H,23,26)/t17-/m1/s1. The van der Waals surface area contributed by atoms with E-state index in [1.807, 2.05) is 48.5 Å². The summed E-state index contributed by atoms with van der Waals surface area (Å²) in [5.41, 5.74) is 1.18. The number of ether oxygens (including phenoxy) is 2. The number of rotatable bonds is 4. The van der Waals surface area contributed by atoms with Crippen molar-refractivity contribution >= 4 is 11.8 Å². The van der Waals surface area contributed by atoms with Gasteiger partial charge in [-0.3, -0.25) is 9.59 Å². The fourth-order valence-electron chi connectivity index (χ4n) is 3.86. The quantitative estimate of drug-likeness (QED) is 0.886. The number of carbonyl (C=O) groups is 2. The van der Waals surface area contributed by atoms with Gasteiger partial charge in [-0.15, -0.1) is 0 Å². The van der Waals surface area contributed by atoms with Gasteiger partial charge >= 0.3 is 0 Å². The normalized spacial score (nSPS) is 18.5. The van der Waals surface area contributed by atoms with Gasteiger partial charge in [0.2, 0.25) is 18.6 Å². The number of fused-ring (bicyclic) bond motifs is 1. The molecule has 0 radical (unpaired) electrons. The van der Waals surface area contributed by atoms with Crippen molar-refractivity contribution in [3.05, 3.63) is 59.7 Å². The Hall–Kier alpha value is -3.02. The molecule has 28 heavy (non-hydrogen) atoms. The Morgan fingerprint density at radius 1 is 1.11 bits per heavy atom. The zero-order valence-corrected chi connectivity index (χ0v) is 16.1. The third-order valence-corrected chi connectivity index (χ3v) is 5.53. The summed E-state index contributed by atoms with van der Waals surface area (Å²) in [6.07, 6.45) is 0.278. The largest absolute Gasteiger partial charge is 0.454 e. The van der Waals surface area contributed by atoms with Gasteiger partial charge in [0.25, 0.3) is 0 Å². The molecule has 6 nitrogen and oxygen atoms in total. The summed E-state index contributed by atoms with van der Waals surface area (Å²) in [5, 5.41) is 2.84. The van der Waals surface area contributed by atoms with Crippen LogP contribution in [0.2, 0.25) is 0 Å². The van der Waals surface area contributed by atoms with E-state index in [1.165, 1.54) is 0 Å². The highest BCUT2D eigenvalue weighted by molar-refractivity contribution is 5.92. The number of nitrogens with zero attached hydrogens (tertiary/aromatic N) is 1. The molecule has 0 spiro atoms. The first-order valence-electron chi connectivity index (χ1n) is 9.50. The maximum atomic E-state index is 13.2. The Kier molecular flexibility index (Phi) is 4.71. The Morgan fingerprint density at radius 2 is 1.86 bits per heavy atom. The number of amides is 2. The summed E-state index contributed by atoms with van der Waals surface area (Å²) in [7, 11) is 0. The summed E-state index contributed by atoms with van der Waals surface area (Å²) in [4.78, 5) is 27.2. The topological polar surface area (TPSA) is 67.9 Å². The van der Waals surface area contributed by atoms with Gasteiger partial charge in [-0.1, -0.05) is 36.4 Å². The van der Waals surface area contributed by atoms with Crippen LogP contribution >= 0.6 is 0 Å². The maximum absolute atomic E-state index is 13.2. The molecule has 0 bridgehead atoms. The van der Waals surface area contributed by atoms with E-state index >= 15 is 0 Å². The van der Waals surface area contributed by atoms with Crippen molar-refractivity contribution < 1.29 is 19.1 Å². The molecule has 0 aliphatic carbocycles. The zero-order chi connectivity index (χ0) is 19.7. The van der Waals surface area contributed by atoms with Gasteiger partial charge in [0.15, 0.2) is 11.5 Å². The maximum Gasteiger partial charge on any atom is 0.245 e. The second-order valence-corrected chi connectivity index (χ2v) is 7.64. The van der Waals surface area contributed by atoms with Crippen LogP contribution in [0.15, 0.2) is 48.5 Å². The fraction of sp³-hybridized carbons (Fsp3) is 0.364. The van der Waals surface area contributed by atoms with Crippen LogP contribution in [-0.2, 0) is 9.59 Å². The third kappa shape index (κ3) is 3.30. The lowest BCUT2D eigenvalue weighted by Gasteiger charge is -2.41. The SMILES string of the molecule is CC1(C)C(=O)NCCN1C(=O)C[C@H](c1ccccc1)c1ccc2c(c1)OCO2. The highest BCUT2D eigenvalue weighted by Crippen LogP contribution is 2.38. The minimum absolute atomic E-state index is 0.0358. The molecule has 2 amide bonds. The Bertz CT molecular complexity index is 895. The molecule has 1 saturated heterocycles. The van der Waals surface area contributed by atoms with E-state index in [0.717, 1.165) is 16.9 Å². The molecule has 0 saturated carbocycles. The number of benzene rings is 2. The highest BCUT2D eigenvalue weighted by atomic mass is 16.7. The molecule has 6 heteroatoms. The average Bonchev–Trinajstić information content (AvgIpc) is 3.16. The average molecular weight is 380 g/mol. The lowest BCUT2D eigenvalue weighted by atomic mass is 9.87. The van der Waals surface area contributed by atoms with Crippen molar-refractivity contribution in [2.45, 2.75) is 31.7 Å². The van der Waals surface area contributed by atoms with Gasteiger partial charge in [-0.2, -0.15) is 0 Å².